The van der Waals surface area contributed by atoms with Gasteiger partial charge in [0.05, 0.1) is 12.7 Å². The molecule has 0 atom stereocenters. The Bertz CT molecular complexity index is 230. The largest absolute Gasteiger partial charge is 0.334 e. The molecule has 1 aromatic rings. The first-order chi connectivity index (χ1) is 5.38. The second-order valence-corrected chi connectivity index (χ2v) is 1.89. The van der Waals surface area contributed by atoms with E-state index >= 15 is 0 Å². The van der Waals surface area contributed by atoms with Crippen molar-refractivity contribution in [1.29, 1.82) is 0 Å². The third kappa shape index (κ3) is 1.67. The van der Waals surface area contributed by atoms with Gasteiger partial charge >= 0.3 is 6.41 Å². The van der Waals surface area contributed by atoms with E-state index in [1.165, 1.54) is 9.80 Å². The van der Waals surface area contributed by atoms with Crippen LogP contribution < -0.4 is 5.01 Å². The first kappa shape index (κ1) is 7.53. The highest BCUT2D eigenvalue weighted by molar-refractivity contribution is 5.61. The van der Waals surface area contributed by atoms with Crippen LogP contribution in [-0.2, 0) is 4.79 Å². The van der Waals surface area contributed by atoms with E-state index in [1.807, 2.05) is 0 Å². The summed E-state index contributed by atoms with van der Waals surface area (Å²) < 4.78 is 0. The molecule has 0 saturated heterocycles. The van der Waals surface area contributed by atoms with Crippen molar-refractivity contribution in [1.82, 2.24) is 9.89 Å². The summed E-state index contributed by atoms with van der Waals surface area (Å²) >= 11 is 0. The van der Waals surface area contributed by atoms with E-state index in [9.17, 15) is 4.79 Å². The van der Waals surface area contributed by atoms with Gasteiger partial charge in [-0.3, -0.25) is 4.79 Å². The molecule has 0 unspecified atom stereocenters. The minimum atomic E-state index is 0.408. The molecule has 1 amide bonds. The summed E-state index contributed by atoms with van der Waals surface area (Å²) in [5.41, 5.74) is 0. The van der Waals surface area contributed by atoms with E-state index in [-0.39, 0.29) is 0 Å². The fourth-order valence-corrected chi connectivity index (χ4v) is 0.689. The van der Waals surface area contributed by atoms with Crippen molar-refractivity contribution in [3.05, 3.63) is 31.1 Å². The lowest BCUT2D eigenvalue weighted by Gasteiger charge is -2.12. The van der Waals surface area contributed by atoms with E-state index in [1.54, 1.807) is 30.9 Å². The van der Waals surface area contributed by atoms with Crippen LogP contribution in [0.4, 0.5) is 0 Å². The smallest absolute Gasteiger partial charge is 0.261 e. The molecule has 0 aliphatic carbocycles. The second kappa shape index (κ2) is 3.55. The van der Waals surface area contributed by atoms with Crippen LogP contribution in [0, 0.1) is 0 Å². The molecule has 0 saturated carbocycles. The van der Waals surface area contributed by atoms with E-state index in [4.69, 9.17) is 0 Å². The maximum atomic E-state index is 10.3. The van der Waals surface area contributed by atoms with Crippen LogP contribution in [0.5, 0.6) is 0 Å². The molecule has 1 heterocycles. The second-order valence-electron chi connectivity index (χ2n) is 1.89. The zero-order chi connectivity index (χ0) is 8.10. The Morgan fingerprint density at radius 2 is 2.64 bits per heavy atom. The number of amides is 1. The topological polar surface area (TPSA) is 38.1 Å². The minimum absolute atomic E-state index is 0.408. The predicted molar refractivity (Wildman–Crippen MR) is 41.2 cm³/mol. The SMILES string of the molecule is C=CCN([C]=O)n1cccn1. The van der Waals surface area contributed by atoms with Gasteiger partial charge < -0.3 is 0 Å². The highest BCUT2D eigenvalue weighted by atomic mass is 16.1. The van der Waals surface area contributed by atoms with Crippen LogP contribution in [-0.4, -0.2) is 22.8 Å². The lowest BCUT2D eigenvalue weighted by atomic mass is 10.6. The van der Waals surface area contributed by atoms with Gasteiger partial charge in [0.2, 0.25) is 0 Å². The van der Waals surface area contributed by atoms with Crippen molar-refractivity contribution < 1.29 is 4.79 Å². The van der Waals surface area contributed by atoms with Gasteiger partial charge in [-0.15, -0.1) is 6.58 Å². The number of carbonyl (C=O) groups excluding carboxylic acids is 1. The Kier molecular flexibility index (Phi) is 2.43. The van der Waals surface area contributed by atoms with Crippen molar-refractivity contribution >= 4 is 6.41 Å². The van der Waals surface area contributed by atoms with Crippen molar-refractivity contribution in [2.75, 3.05) is 11.6 Å². The van der Waals surface area contributed by atoms with Gasteiger partial charge in [0.15, 0.2) is 0 Å². The average Bonchev–Trinajstić information content (AvgIpc) is 2.52. The molecule has 1 radical (unpaired) electrons. The molecule has 0 aromatic carbocycles. The molecule has 0 fully saturated rings. The first-order valence-corrected chi connectivity index (χ1v) is 3.14. The van der Waals surface area contributed by atoms with Crippen LogP contribution in [0.25, 0.3) is 0 Å². The Morgan fingerprint density at radius 1 is 1.82 bits per heavy atom. The van der Waals surface area contributed by atoms with E-state index in [0.717, 1.165) is 0 Å². The van der Waals surface area contributed by atoms with Gasteiger partial charge in [0, 0.05) is 6.20 Å². The van der Waals surface area contributed by atoms with Crippen molar-refractivity contribution in [2.24, 2.45) is 0 Å². The molecule has 0 N–H and O–H groups in total. The summed E-state index contributed by atoms with van der Waals surface area (Å²) in [6.07, 6.45) is 6.57. The fourth-order valence-electron chi connectivity index (χ4n) is 0.689. The van der Waals surface area contributed by atoms with Crippen molar-refractivity contribution in [2.45, 2.75) is 0 Å². The van der Waals surface area contributed by atoms with Crippen LogP contribution in [0.3, 0.4) is 0 Å². The Labute approximate surface area is 64.7 Å². The quantitative estimate of drug-likeness (QED) is 0.450. The maximum absolute atomic E-state index is 10.3. The summed E-state index contributed by atoms with van der Waals surface area (Å²) in [6.45, 7) is 3.90. The van der Waals surface area contributed by atoms with Crippen molar-refractivity contribution in [3.8, 4) is 0 Å². The van der Waals surface area contributed by atoms with E-state index in [0.29, 0.717) is 6.54 Å². The van der Waals surface area contributed by atoms with Gasteiger partial charge in [-0.05, 0) is 6.07 Å². The van der Waals surface area contributed by atoms with Crippen LogP contribution >= 0.6 is 0 Å². The lowest BCUT2D eigenvalue weighted by molar-refractivity contribution is 0.526. The van der Waals surface area contributed by atoms with Gasteiger partial charge in [-0.2, -0.15) is 9.89 Å². The Morgan fingerprint density at radius 3 is 3.09 bits per heavy atom. The predicted octanol–water partition coefficient (Wildman–Crippen LogP) is 0.0743. The summed E-state index contributed by atoms with van der Waals surface area (Å²) in [4.78, 5) is 11.7. The number of nitrogens with zero attached hydrogens (tertiary/aromatic N) is 3. The lowest BCUT2D eigenvalue weighted by Crippen LogP contribution is -2.33. The molecule has 0 bridgehead atoms. The molecule has 0 aliphatic rings. The van der Waals surface area contributed by atoms with Gasteiger partial charge in [0.1, 0.15) is 0 Å². The zero-order valence-corrected chi connectivity index (χ0v) is 5.97. The van der Waals surface area contributed by atoms with Crippen molar-refractivity contribution in [3.63, 3.8) is 0 Å². The monoisotopic (exact) mass is 150 g/mol. The summed E-state index contributed by atoms with van der Waals surface area (Å²) in [5.74, 6) is 0. The molecule has 57 valence electrons. The summed E-state index contributed by atoms with van der Waals surface area (Å²) in [5, 5.41) is 5.11. The molecule has 4 nitrogen and oxygen atoms in total. The third-order valence-corrected chi connectivity index (χ3v) is 1.15. The van der Waals surface area contributed by atoms with Gasteiger partial charge in [0.25, 0.3) is 0 Å². The number of aromatic nitrogens is 2. The summed E-state index contributed by atoms with van der Waals surface area (Å²) in [6, 6.07) is 1.73. The Balaban J connectivity index is 2.70. The van der Waals surface area contributed by atoms with Crippen LogP contribution in [0.15, 0.2) is 31.1 Å². The van der Waals surface area contributed by atoms with Gasteiger partial charge in [-0.25, -0.2) is 5.01 Å². The maximum Gasteiger partial charge on any atom is 0.334 e. The summed E-state index contributed by atoms with van der Waals surface area (Å²) in [7, 11) is 0. The molecule has 1 rings (SSSR count). The Hall–Kier alpha value is -1.58. The number of hydrogen-bond acceptors (Lipinski definition) is 2. The van der Waals surface area contributed by atoms with E-state index < -0.39 is 0 Å². The normalized spacial score (nSPS) is 9.09. The molecule has 0 aliphatic heterocycles. The van der Waals surface area contributed by atoms with Crippen LogP contribution in [0.2, 0.25) is 0 Å². The molecular formula is C7H8N3O. The molecule has 0 spiro atoms. The number of hydrogen-bond donors (Lipinski definition) is 0. The molecule has 4 heteroatoms. The highest BCUT2D eigenvalue weighted by Gasteiger charge is 2.00. The first-order valence-electron chi connectivity index (χ1n) is 3.14. The van der Waals surface area contributed by atoms with Crippen LogP contribution in [0.1, 0.15) is 0 Å². The standard InChI is InChI=1S/C7H8N3O/c1-2-5-9(7-11)10-6-3-4-8-10/h2-4,6H,1,5H2. The highest BCUT2D eigenvalue weighted by Crippen LogP contribution is 1.85. The molecule has 1 aromatic heterocycles. The number of rotatable bonds is 4. The zero-order valence-electron chi connectivity index (χ0n) is 5.97. The minimum Gasteiger partial charge on any atom is -0.261 e. The fraction of sp³-hybridized carbons (Fsp3) is 0.143. The third-order valence-electron chi connectivity index (χ3n) is 1.15. The van der Waals surface area contributed by atoms with E-state index in [2.05, 4.69) is 11.7 Å². The average molecular weight is 150 g/mol. The molecular weight excluding hydrogens is 142 g/mol. The van der Waals surface area contributed by atoms with Gasteiger partial charge in [-0.1, -0.05) is 6.08 Å². The molecule has 11 heavy (non-hydrogen) atoms.